The molecule has 0 saturated heterocycles. The van der Waals surface area contributed by atoms with Crippen molar-refractivity contribution >= 4 is 21.6 Å². The Morgan fingerprint density at radius 1 is 0.867 bits per heavy atom. The maximum atomic E-state index is 13.5. The Bertz CT molecular complexity index is 1190. The highest BCUT2D eigenvalue weighted by molar-refractivity contribution is 7.89. The van der Waals surface area contributed by atoms with Gasteiger partial charge in [-0.3, -0.25) is 4.79 Å². The molecule has 0 saturated carbocycles. The second-order valence-electron chi connectivity index (χ2n) is 7.64. The number of benzene rings is 3. The van der Waals surface area contributed by atoms with Gasteiger partial charge in [0.1, 0.15) is 4.90 Å². The first kappa shape index (κ1) is 20.3. The van der Waals surface area contributed by atoms with Crippen LogP contribution in [0, 0.1) is 13.8 Å². The van der Waals surface area contributed by atoms with Crippen LogP contribution >= 0.6 is 0 Å². The molecule has 0 atom stereocenters. The summed E-state index contributed by atoms with van der Waals surface area (Å²) in [6.07, 6.45) is 0. The van der Waals surface area contributed by atoms with Crippen LogP contribution in [-0.2, 0) is 27.9 Å². The number of amides is 1. The fourth-order valence-electron chi connectivity index (χ4n) is 3.73. The molecule has 0 radical (unpaired) electrons. The Morgan fingerprint density at radius 2 is 1.57 bits per heavy atom. The van der Waals surface area contributed by atoms with Crippen LogP contribution in [0.2, 0.25) is 0 Å². The van der Waals surface area contributed by atoms with E-state index < -0.39 is 10.0 Å². The summed E-state index contributed by atoms with van der Waals surface area (Å²) in [5.74, 6) is -0.238. The lowest BCUT2D eigenvalue weighted by molar-refractivity contribution is -0.119. The van der Waals surface area contributed by atoms with E-state index in [4.69, 9.17) is 0 Å². The van der Waals surface area contributed by atoms with Gasteiger partial charge in [0, 0.05) is 6.54 Å². The number of sulfonamides is 1. The van der Waals surface area contributed by atoms with Crippen LogP contribution < -0.4 is 4.90 Å². The van der Waals surface area contributed by atoms with Crippen LogP contribution in [-0.4, -0.2) is 25.2 Å². The number of para-hydroxylation sites is 1. The highest BCUT2D eigenvalue weighted by atomic mass is 32.2. The van der Waals surface area contributed by atoms with E-state index in [2.05, 4.69) is 0 Å². The third-order valence-electron chi connectivity index (χ3n) is 5.42. The largest absolute Gasteiger partial charge is 0.305 e. The smallest absolute Gasteiger partial charge is 0.245 e. The van der Waals surface area contributed by atoms with Gasteiger partial charge in [0.25, 0.3) is 0 Å². The van der Waals surface area contributed by atoms with E-state index in [0.29, 0.717) is 12.2 Å². The van der Waals surface area contributed by atoms with Gasteiger partial charge in [0.05, 0.1) is 18.8 Å². The van der Waals surface area contributed by atoms with E-state index in [-0.39, 0.29) is 23.9 Å². The van der Waals surface area contributed by atoms with Crippen LogP contribution in [0.3, 0.4) is 0 Å². The lowest BCUT2D eigenvalue weighted by Crippen LogP contribution is -2.38. The molecular weight excluding hydrogens is 396 g/mol. The van der Waals surface area contributed by atoms with Gasteiger partial charge in [-0.15, -0.1) is 0 Å². The zero-order valence-corrected chi connectivity index (χ0v) is 17.9. The fourth-order valence-corrected chi connectivity index (χ4v) is 5.29. The standard InChI is InChI=1S/C24H24N2O3S/c1-18-12-13-19(2)21(14-18)16-25-17-24(27)26(15-20-8-4-3-5-9-20)22-10-6-7-11-23(22)30(25,28)29/h3-14H,15-17H2,1-2H3. The Morgan fingerprint density at radius 3 is 2.33 bits per heavy atom. The van der Waals surface area contributed by atoms with E-state index in [1.165, 1.54) is 4.31 Å². The molecule has 0 fully saturated rings. The van der Waals surface area contributed by atoms with Crippen LogP contribution in [0.25, 0.3) is 0 Å². The molecule has 0 bridgehead atoms. The van der Waals surface area contributed by atoms with Crippen molar-refractivity contribution in [2.45, 2.75) is 31.8 Å². The van der Waals surface area contributed by atoms with Gasteiger partial charge < -0.3 is 4.90 Å². The summed E-state index contributed by atoms with van der Waals surface area (Å²) in [5.41, 5.74) is 4.33. The average molecular weight is 421 g/mol. The predicted molar refractivity (Wildman–Crippen MR) is 118 cm³/mol. The molecule has 5 nitrogen and oxygen atoms in total. The van der Waals surface area contributed by atoms with Crippen molar-refractivity contribution in [3.8, 4) is 0 Å². The van der Waals surface area contributed by atoms with Crippen LogP contribution in [0.4, 0.5) is 5.69 Å². The van der Waals surface area contributed by atoms with E-state index in [9.17, 15) is 13.2 Å². The molecule has 1 amide bonds. The molecule has 0 aliphatic carbocycles. The second-order valence-corrected chi connectivity index (χ2v) is 9.54. The van der Waals surface area contributed by atoms with Gasteiger partial charge in [0.15, 0.2) is 0 Å². The lowest BCUT2D eigenvalue weighted by Gasteiger charge is -2.22. The monoisotopic (exact) mass is 420 g/mol. The number of carbonyl (C=O) groups excluding carboxylic acids is 1. The number of carbonyl (C=O) groups is 1. The van der Waals surface area contributed by atoms with Crippen molar-refractivity contribution in [3.63, 3.8) is 0 Å². The van der Waals surface area contributed by atoms with Crippen molar-refractivity contribution in [1.82, 2.24) is 4.31 Å². The molecule has 3 aromatic rings. The quantitative estimate of drug-likeness (QED) is 0.640. The number of rotatable bonds is 4. The molecule has 0 spiro atoms. The van der Waals surface area contributed by atoms with Crippen molar-refractivity contribution in [2.24, 2.45) is 0 Å². The summed E-state index contributed by atoms with van der Waals surface area (Å²) in [4.78, 5) is 15.0. The molecule has 0 N–H and O–H groups in total. The number of nitrogens with zero attached hydrogens (tertiary/aromatic N) is 2. The minimum absolute atomic E-state index is 0.162. The van der Waals surface area contributed by atoms with Crippen molar-refractivity contribution in [3.05, 3.63) is 95.1 Å². The minimum atomic E-state index is -3.83. The summed E-state index contributed by atoms with van der Waals surface area (Å²) in [6, 6.07) is 22.3. The number of aryl methyl sites for hydroxylation is 2. The summed E-state index contributed by atoms with van der Waals surface area (Å²) < 4.78 is 28.3. The molecule has 1 aliphatic rings. The van der Waals surface area contributed by atoms with Crippen molar-refractivity contribution in [1.29, 1.82) is 0 Å². The van der Waals surface area contributed by atoms with E-state index in [1.807, 2.05) is 62.4 Å². The Labute approximate surface area is 177 Å². The maximum absolute atomic E-state index is 13.5. The topological polar surface area (TPSA) is 57.7 Å². The maximum Gasteiger partial charge on any atom is 0.245 e. The Hall–Kier alpha value is -2.96. The zero-order valence-electron chi connectivity index (χ0n) is 17.1. The summed E-state index contributed by atoms with van der Waals surface area (Å²) in [6.45, 7) is 4.22. The summed E-state index contributed by atoms with van der Waals surface area (Å²) in [7, 11) is -3.83. The Kier molecular flexibility index (Phi) is 5.45. The predicted octanol–water partition coefficient (Wildman–Crippen LogP) is 4.04. The number of fused-ring (bicyclic) bond motifs is 1. The van der Waals surface area contributed by atoms with Crippen LogP contribution in [0.5, 0.6) is 0 Å². The molecule has 3 aromatic carbocycles. The molecule has 0 unspecified atom stereocenters. The number of hydrogen-bond donors (Lipinski definition) is 0. The van der Waals surface area contributed by atoms with Gasteiger partial charge in [-0.05, 0) is 42.7 Å². The lowest BCUT2D eigenvalue weighted by atomic mass is 10.1. The van der Waals surface area contributed by atoms with Gasteiger partial charge in [-0.2, -0.15) is 4.31 Å². The van der Waals surface area contributed by atoms with Gasteiger partial charge in [0.2, 0.25) is 15.9 Å². The van der Waals surface area contributed by atoms with Gasteiger partial charge in [-0.1, -0.05) is 66.2 Å². The fraction of sp³-hybridized carbons (Fsp3) is 0.208. The van der Waals surface area contributed by atoms with Crippen molar-refractivity contribution < 1.29 is 13.2 Å². The first-order valence-electron chi connectivity index (χ1n) is 9.86. The molecule has 30 heavy (non-hydrogen) atoms. The molecule has 4 rings (SSSR count). The van der Waals surface area contributed by atoms with Crippen LogP contribution in [0.1, 0.15) is 22.3 Å². The molecule has 1 aliphatic heterocycles. The normalized spacial score (nSPS) is 16.2. The van der Waals surface area contributed by atoms with E-state index in [1.54, 1.807) is 29.2 Å². The highest BCUT2D eigenvalue weighted by Gasteiger charge is 2.36. The molecule has 1 heterocycles. The van der Waals surface area contributed by atoms with E-state index >= 15 is 0 Å². The number of hydrogen-bond acceptors (Lipinski definition) is 3. The molecule has 154 valence electrons. The first-order chi connectivity index (χ1) is 14.4. The molecule has 6 heteroatoms. The zero-order chi connectivity index (χ0) is 21.3. The third-order valence-corrected chi connectivity index (χ3v) is 7.26. The average Bonchev–Trinajstić information content (AvgIpc) is 2.81. The van der Waals surface area contributed by atoms with E-state index in [0.717, 1.165) is 22.3 Å². The van der Waals surface area contributed by atoms with Crippen LogP contribution in [0.15, 0.2) is 77.7 Å². The first-order valence-corrected chi connectivity index (χ1v) is 11.3. The third kappa shape index (κ3) is 3.88. The van der Waals surface area contributed by atoms with Gasteiger partial charge in [-0.25, -0.2) is 8.42 Å². The molecular formula is C24H24N2O3S. The molecule has 0 aromatic heterocycles. The SMILES string of the molecule is Cc1ccc(C)c(CN2CC(=O)N(Cc3ccccc3)c3ccccc3S2(=O)=O)c1. The van der Waals surface area contributed by atoms with Crippen molar-refractivity contribution in [2.75, 3.05) is 11.4 Å². The summed E-state index contributed by atoms with van der Waals surface area (Å²) >= 11 is 0. The highest BCUT2D eigenvalue weighted by Crippen LogP contribution is 2.33. The Balaban J connectivity index is 1.77. The van der Waals surface area contributed by atoms with Gasteiger partial charge >= 0.3 is 0 Å². The number of anilines is 1. The second kappa shape index (κ2) is 8.05. The minimum Gasteiger partial charge on any atom is -0.305 e. The summed E-state index contributed by atoms with van der Waals surface area (Å²) in [5, 5.41) is 0.